The topological polar surface area (TPSA) is 103 Å². The summed E-state index contributed by atoms with van der Waals surface area (Å²) in [6.07, 6.45) is 0.833. The quantitative estimate of drug-likeness (QED) is 0.568. The first-order chi connectivity index (χ1) is 15.4. The number of rotatable bonds is 5. The van der Waals surface area contributed by atoms with Gasteiger partial charge in [-0.15, -0.1) is 0 Å². The fourth-order valence-electron chi connectivity index (χ4n) is 3.80. The lowest BCUT2D eigenvalue weighted by molar-refractivity contribution is 0.0935. The number of imidazole rings is 1. The Balaban J connectivity index is 1.79. The number of halogens is 2. The van der Waals surface area contributed by atoms with Crippen molar-refractivity contribution in [3.63, 3.8) is 0 Å². The van der Waals surface area contributed by atoms with Gasteiger partial charge in [0.25, 0.3) is 5.91 Å². The van der Waals surface area contributed by atoms with Crippen LogP contribution in [0.25, 0.3) is 22.5 Å². The number of methoxy groups -OCH3 is 1. The highest BCUT2D eigenvalue weighted by Crippen LogP contribution is 2.38. The standard InChI is InChI=1S/C23H21F2N5O2/c1-12-21(23(31)29-15-7-8-27-11-15)30-22(28-12)16-5-6-18(32-2)20(25)19(16)13-3-4-14(10-26)17(24)9-13/h3-6,9,15,27H,7-8,11H2,1-2H3,(H,28,30)(H,29,31)/t15-/m1/s1. The van der Waals surface area contributed by atoms with Crippen molar-refractivity contribution in [2.45, 2.75) is 19.4 Å². The van der Waals surface area contributed by atoms with Crippen LogP contribution in [0, 0.1) is 29.9 Å². The predicted molar refractivity (Wildman–Crippen MR) is 114 cm³/mol. The number of carbonyl (C=O) groups is 1. The molecule has 4 rings (SSSR count). The third-order valence-electron chi connectivity index (χ3n) is 5.46. The van der Waals surface area contributed by atoms with Gasteiger partial charge in [0.15, 0.2) is 11.6 Å². The van der Waals surface area contributed by atoms with Gasteiger partial charge in [0.1, 0.15) is 23.4 Å². The molecule has 1 aromatic heterocycles. The summed E-state index contributed by atoms with van der Waals surface area (Å²) in [5.41, 5.74) is 1.18. The Labute approximate surface area is 183 Å². The summed E-state index contributed by atoms with van der Waals surface area (Å²) < 4.78 is 34.7. The highest BCUT2D eigenvalue weighted by Gasteiger charge is 2.24. The molecule has 1 fully saturated rings. The van der Waals surface area contributed by atoms with Gasteiger partial charge < -0.3 is 20.4 Å². The van der Waals surface area contributed by atoms with Crippen molar-refractivity contribution in [2.75, 3.05) is 20.2 Å². The molecule has 1 amide bonds. The molecule has 0 spiro atoms. The third-order valence-corrected chi connectivity index (χ3v) is 5.46. The number of hydrogen-bond acceptors (Lipinski definition) is 5. The van der Waals surface area contributed by atoms with E-state index in [9.17, 15) is 9.18 Å². The number of nitriles is 1. The van der Waals surface area contributed by atoms with Crippen LogP contribution in [0.3, 0.4) is 0 Å². The van der Waals surface area contributed by atoms with E-state index < -0.39 is 11.6 Å². The Morgan fingerprint density at radius 2 is 2.12 bits per heavy atom. The van der Waals surface area contributed by atoms with Crippen molar-refractivity contribution in [2.24, 2.45) is 0 Å². The van der Waals surface area contributed by atoms with E-state index in [1.54, 1.807) is 19.1 Å². The first-order valence-electron chi connectivity index (χ1n) is 10.1. The second-order valence-corrected chi connectivity index (χ2v) is 7.53. The first kappa shape index (κ1) is 21.5. The van der Waals surface area contributed by atoms with Crippen LogP contribution in [-0.4, -0.2) is 42.1 Å². The zero-order valence-electron chi connectivity index (χ0n) is 17.6. The molecule has 2 aromatic carbocycles. The lowest BCUT2D eigenvalue weighted by atomic mass is 9.97. The summed E-state index contributed by atoms with van der Waals surface area (Å²) in [4.78, 5) is 20.2. The molecule has 32 heavy (non-hydrogen) atoms. The highest BCUT2D eigenvalue weighted by atomic mass is 19.1. The fourth-order valence-corrected chi connectivity index (χ4v) is 3.80. The van der Waals surface area contributed by atoms with Crippen LogP contribution in [0.15, 0.2) is 30.3 Å². The van der Waals surface area contributed by atoms with Gasteiger partial charge in [0.2, 0.25) is 0 Å². The third kappa shape index (κ3) is 3.92. The summed E-state index contributed by atoms with van der Waals surface area (Å²) in [6, 6.07) is 8.65. The fraction of sp³-hybridized carbons (Fsp3) is 0.261. The Morgan fingerprint density at radius 1 is 1.31 bits per heavy atom. The second-order valence-electron chi connectivity index (χ2n) is 7.53. The van der Waals surface area contributed by atoms with E-state index in [1.807, 2.05) is 0 Å². The zero-order valence-corrected chi connectivity index (χ0v) is 17.6. The number of nitrogens with one attached hydrogen (secondary N) is 3. The number of hydrogen-bond donors (Lipinski definition) is 3. The van der Waals surface area contributed by atoms with E-state index in [0.29, 0.717) is 17.8 Å². The molecule has 3 aromatic rings. The number of H-pyrrole nitrogens is 1. The molecular weight excluding hydrogens is 416 g/mol. The van der Waals surface area contributed by atoms with Crippen molar-refractivity contribution < 1.29 is 18.3 Å². The molecule has 3 N–H and O–H groups in total. The van der Waals surface area contributed by atoms with E-state index in [1.165, 1.54) is 25.3 Å². The smallest absolute Gasteiger partial charge is 0.272 e. The number of ether oxygens (including phenoxy) is 1. The molecule has 0 radical (unpaired) electrons. The molecule has 7 nitrogen and oxygen atoms in total. The molecule has 1 aliphatic heterocycles. The highest BCUT2D eigenvalue weighted by molar-refractivity contribution is 5.95. The summed E-state index contributed by atoms with van der Waals surface area (Å²) in [5.74, 6) is -1.55. The van der Waals surface area contributed by atoms with Crippen LogP contribution in [-0.2, 0) is 0 Å². The van der Waals surface area contributed by atoms with Crippen molar-refractivity contribution in [1.82, 2.24) is 20.6 Å². The normalized spacial score (nSPS) is 15.4. The number of aryl methyl sites for hydroxylation is 1. The van der Waals surface area contributed by atoms with Gasteiger partial charge in [0.05, 0.1) is 12.7 Å². The van der Waals surface area contributed by atoms with Crippen LogP contribution in [0.4, 0.5) is 8.78 Å². The molecule has 0 unspecified atom stereocenters. The summed E-state index contributed by atoms with van der Waals surface area (Å²) in [6.45, 7) is 3.24. The second kappa shape index (κ2) is 8.77. The molecule has 2 heterocycles. The lowest BCUT2D eigenvalue weighted by Crippen LogP contribution is -2.36. The van der Waals surface area contributed by atoms with Crippen LogP contribution in [0.2, 0.25) is 0 Å². The van der Waals surface area contributed by atoms with Gasteiger partial charge in [-0.25, -0.2) is 13.8 Å². The number of aromatic amines is 1. The molecule has 9 heteroatoms. The van der Waals surface area contributed by atoms with Gasteiger partial charge in [-0.3, -0.25) is 4.79 Å². The maximum atomic E-state index is 15.3. The predicted octanol–water partition coefficient (Wildman–Crippen LogP) is 3.30. The lowest BCUT2D eigenvalue weighted by Gasteiger charge is -2.13. The van der Waals surface area contributed by atoms with E-state index in [-0.39, 0.29) is 45.9 Å². The van der Waals surface area contributed by atoms with Gasteiger partial charge in [-0.05, 0) is 49.7 Å². The molecule has 164 valence electrons. The molecule has 0 saturated carbocycles. The Morgan fingerprint density at radius 3 is 2.78 bits per heavy atom. The maximum Gasteiger partial charge on any atom is 0.272 e. The average molecular weight is 437 g/mol. The molecule has 0 aliphatic carbocycles. The monoisotopic (exact) mass is 437 g/mol. The minimum absolute atomic E-state index is 0.0245. The summed E-state index contributed by atoms with van der Waals surface area (Å²) in [5, 5.41) is 15.1. The van der Waals surface area contributed by atoms with E-state index in [4.69, 9.17) is 10.00 Å². The summed E-state index contributed by atoms with van der Waals surface area (Å²) >= 11 is 0. The van der Waals surface area contributed by atoms with Crippen molar-refractivity contribution in [3.8, 4) is 34.3 Å². The summed E-state index contributed by atoms with van der Waals surface area (Å²) in [7, 11) is 1.33. The first-order valence-corrected chi connectivity index (χ1v) is 10.1. The van der Waals surface area contributed by atoms with E-state index in [0.717, 1.165) is 19.0 Å². The number of aromatic nitrogens is 2. The molecule has 1 atom stereocenters. The van der Waals surface area contributed by atoms with Crippen molar-refractivity contribution in [1.29, 1.82) is 5.26 Å². The number of nitrogens with zero attached hydrogens (tertiary/aromatic N) is 2. The number of benzene rings is 2. The van der Waals surface area contributed by atoms with E-state index >= 15 is 4.39 Å². The average Bonchev–Trinajstić information content (AvgIpc) is 3.43. The SMILES string of the molecule is COc1ccc(-c2nc(C(=O)N[C@@H]3CCNC3)c(C)[nH]2)c(-c2ccc(C#N)c(F)c2)c1F. The number of amides is 1. The van der Waals surface area contributed by atoms with Crippen LogP contribution < -0.4 is 15.4 Å². The van der Waals surface area contributed by atoms with Gasteiger partial charge in [-0.1, -0.05) is 6.07 Å². The molecule has 1 saturated heterocycles. The Kier molecular flexibility index (Phi) is 5.88. The molecular formula is C23H21F2N5O2. The van der Waals surface area contributed by atoms with Gasteiger partial charge in [-0.2, -0.15) is 5.26 Å². The van der Waals surface area contributed by atoms with Crippen LogP contribution in [0.5, 0.6) is 5.75 Å². The minimum atomic E-state index is -0.765. The Hall–Kier alpha value is -3.77. The van der Waals surface area contributed by atoms with Gasteiger partial charge in [0, 0.05) is 29.4 Å². The van der Waals surface area contributed by atoms with Gasteiger partial charge >= 0.3 is 0 Å². The maximum absolute atomic E-state index is 15.3. The van der Waals surface area contributed by atoms with E-state index in [2.05, 4.69) is 20.6 Å². The van der Waals surface area contributed by atoms with Crippen LogP contribution in [0.1, 0.15) is 28.2 Å². The molecule has 0 bridgehead atoms. The Bertz CT molecular complexity index is 1230. The molecule has 1 aliphatic rings. The number of carbonyl (C=O) groups excluding carboxylic acids is 1. The zero-order chi connectivity index (χ0) is 22.8. The van der Waals surface area contributed by atoms with Crippen molar-refractivity contribution >= 4 is 5.91 Å². The van der Waals surface area contributed by atoms with Crippen LogP contribution >= 0.6 is 0 Å². The van der Waals surface area contributed by atoms with Crippen molar-refractivity contribution in [3.05, 3.63) is 58.9 Å². The minimum Gasteiger partial charge on any atom is -0.494 e. The largest absolute Gasteiger partial charge is 0.494 e.